The molecule has 1 saturated heterocycles. The summed E-state index contributed by atoms with van der Waals surface area (Å²) in [4.78, 5) is 38.6. The first-order valence-electron chi connectivity index (χ1n) is 9.10. The molecule has 1 aliphatic rings. The number of likely N-dealkylation sites (tertiary alicyclic amines) is 1. The van der Waals surface area contributed by atoms with E-state index in [0.717, 1.165) is 12.7 Å². The maximum Gasteiger partial charge on any atom is 0.253 e. The largest absolute Gasteiger partial charge is 0.340 e. The highest BCUT2D eigenvalue weighted by molar-refractivity contribution is 6.32. The number of nitrogens with zero attached hydrogens (tertiary/aromatic N) is 1. The molecule has 26 heavy (non-hydrogen) atoms. The molecule has 0 bridgehead atoms. The first-order valence-corrected chi connectivity index (χ1v) is 9.48. The fourth-order valence-corrected chi connectivity index (χ4v) is 3.02. The van der Waals surface area contributed by atoms with Crippen molar-refractivity contribution in [3.05, 3.63) is 22.8 Å². The summed E-state index contributed by atoms with van der Waals surface area (Å²) in [5.74, 6) is -0.337. The minimum atomic E-state index is -0.742. The lowest BCUT2D eigenvalue weighted by molar-refractivity contribution is -0.140. The van der Waals surface area contributed by atoms with E-state index in [9.17, 15) is 14.4 Å². The average molecular weight is 383 g/mol. The summed E-state index contributed by atoms with van der Waals surface area (Å²) in [6.45, 7) is 11.9. The van der Waals surface area contributed by atoms with Gasteiger partial charge in [0.25, 0.3) is 5.91 Å². The van der Waals surface area contributed by atoms with Crippen molar-refractivity contribution in [3.63, 3.8) is 0 Å². The van der Waals surface area contributed by atoms with Gasteiger partial charge >= 0.3 is 0 Å². The Balaban J connectivity index is 3.08. The molecule has 146 valence electrons. The molecule has 2 atom stereocenters. The Kier molecular flexibility index (Phi) is 8.07. The predicted molar refractivity (Wildman–Crippen MR) is 105 cm³/mol. The third kappa shape index (κ3) is 5.97. The molecule has 0 radical (unpaired) electrons. The lowest BCUT2D eigenvalue weighted by Crippen LogP contribution is -2.56. The topological polar surface area (TPSA) is 66.5 Å². The lowest BCUT2D eigenvalue weighted by atomic mass is 9.85. The zero-order valence-corrected chi connectivity index (χ0v) is 17.4. The molecule has 6 heteroatoms. The smallest absolute Gasteiger partial charge is 0.253 e. The molecule has 0 saturated carbocycles. The molecule has 0 unspecified atom stereocenters. The molecule has 1 N–H and O–H groups in total. The number of hydrogen-bond donors (Lipinski definition) is 1. The molecule has 2 amide bonds. The van der Waals surface area contributed by atoms with Crippen LogP contribution in [0.4, 0.5) is 0 Å². The summed E-state index contributed by atoms with van der Waals surface area (Å²) >= 11 is 6.10. The lowest BCUT2D eigenvalue weighted by Gasteiger charge is -2.34. The van der Waals surface area contributed by atoms with Crippen LogP contribution in [0.15, 0.2) is 22.8 Å². The number of carbonyl (C=O) groups is 3. The minimum absolute atomic E-state index is 0.222. The molecule has 0 spiro atoms. The monoisotopic (exact) mass is 382 g/mol. The summed E-state index contributed by atoms with van der Waals surface area (Å²) in [6, 6.07) is -1.15. The van der Waals surface area contributed by atoms with Gasteiger partial charge in [0.15, 0.2) is 0 Å². The first kappa shape index (κ1) is 22.4. The van der Waals surface area contributed by atoms with Gasteiger partial charge in [-0.05, 0) is 31.1 Å². The van der Waals surface area contributed by atoms with E-state index in [4.69, 9.17) is 11.6 Å². The zero-order valence-electron chi connectivity index (χ0n) is 16.6. The minimum Gasteiger partial charge on any atom is -0.340 e. The Morgan fingerprint density at radius 1 is 1.27 bits per heavy atom. The number of amides is 2. The van der Waals surface area contributed by atoms with Crippen molar-refractivity contribution < 1.29 is 14.4 Å². The van der Waals surface area contributed by atoms with Gasteiger partial charge in [0.2, 0.25) is 5.91 Å². The van der Waals surface area contributed by atoms with Gasteiger partial charge in [-0.3, -0.25) is 9.59 Å². The number of carbonyl (C=O) groups excluding carboxylic acids is 3. The molecule has 1 aliphatic heterocycles. The Hall–Kier alpha value is -1.62. The molecular formula is C20H31ClN2O3. The highest BCUT2D eigenvalue weighted by Gasteiger charge is 2.39. The van der Waals surface area contributed by atoms with Crippen LogP contribution in [0, 0.1) is 11.3 Å². The van der Waals surface area contributed by atoms with Crippen molar-refractivity contribution in [1.82, 2.24) is 10.2 Å². The summed E-state index contributed by atoms with van der Waals surface area (Å²) in [7, 11) is 0. The third-order valence-electron chi connectivity index (χ3n) is 4.39. The summed E-state index contributed by atoms with van der Waals surface area (Å²) in [5.41, 5.74) is -0.161. The summed E-state index contributed by atoms with van der Waals surface area (Å²) in [6.07, 6.45) is 5.85. The van der Waals surface area contributed by atoms with Gasteiger partial charge in [0.1, 0.15) is 12.3 Å². The van der Waals surface area contributed by atoms with E-state index in [1.54, 1.807) is 17.9 Å². The zero-order chi connectivity index (χ0) is 20.1. The van der Waals surface area contributed by atoms with Crippen molar-refractivity contribution in [2.24, 2.45) is 11.3 Å². The van der Waals surface area contributed by atoms with E-state index < -0.39 is 17.5 Å². The molecule has 0 aliphatic carbocycles. The number of halogens is 1. The van der Waals surface area contributed by atoms with Crippen molar-refractivity contribution >= 4 is 29.7 Å². The van der Waals surface area contributed by atoms with Crippen LogP contribution in [0.25, 0.3) is 0 Å². The maximum absolute atomic E-state index is 13.0. The van der Waals surface area contributed by atoms with Gasteiger partial charge in [-0.15, -0.1) is 0 Å². The number of allylic oxidation sites excluding steroid dienone is 2. The van der Waals surface area contributed by atoms with Crippen LogP contribution in [-0.2, 0) is 14.4 Å². The van der Waals surface area contributed by atoms with Crippen LogP contribution in [0.3, 0.4) is 0 Å². The van der Waals surface area contributed by atoms with E-state index in [1.165, 1.54) is 0 Å². The molecule has 0 aromatic carbocycles. The summed E-state index contributed by atoms with van der Waals surface area (Å²) < 4.78 is 0. The quantitative estimate of drug-likeness (QED) is 0.434. The van der Waals surface area contributed by atoms with Crippen LogP contribution >= 0.6 is 11.6 Å². The second kappa shape index (κ2) is 9.36. The Labute approximate surface area is 161 Å². The Morgan fingerprint density at radius 2 is 1.88 bits per heavy atom. The van der Waals surface area contributed by atoms with E-state index in [2.05, 4.69) is 5.32 Å². The van der Waals surface area contributed by atoms with E-state index in [0.29, 0.717) is 23.6 Å². The third-order valence-corrected chi connectivity index (χ3v) is 4.59. The Bertz CT molecular complexity index is 599. The fourth-order valence-electron chi connectivity index (χ4n) is 2.87. The molecule has 0 aromatic heterocycles. The SMILES string of the molecule is C/C(Cl)=C(\C=C/C(C)C)C(=O)N[C@H](C(=O)N1CCC[C@H]1C=O)C(C)(C)C. The second-order valence-corrected chi connectivity index (χ2v) is 8.77. The number of aldehydes is 1. The van der Waals surface area contributed by atoms with Crippen molar-refractivity contribution in [2.75, 3.05) is 6.54 Å². The van der Waals surface area contributed by atoms with Crippen LogP contribution in [0.5, 0.6) is 0 Å². The maximum atomic E-state index is 13.0. The van der Waals surface area contributed by atoms with Crippen LogP contribution in [0.2, 0.25) is 0 Å². The molecule has 5 nitrogen and oxygen atoms in total. The van der Waals surface area contributed by atoms with Gasteiger partial charge in [0, 0.05) is 11.6 Å². The van der Waals surface area contributed by atoms with Crippen LogP contribution in [0.1, 0.15) is 54.4 Å². The van der Waals surface area contributed by atoms with Crippen LogP contribution < -0.4 is 5.32 Å². The van der Waals surface area contributed by atoms with Gasteiger partial charge in [0.05, 0.1) is 11.6 Å². The van der Waals surface area contributed by atoms with Gasteiger partial charge in [-0.25, -0.2) is 0 Å². The van der Waals surface area contributed by atoms with Gasteiger partial charge in [-0.2, -0.15) is 0 Å². The van der Waals surface area contributed by atoms with Gasteiger partial charge in [-0.1, -0.05) is 58.4 Å². The summed E-state index contributed by atoms with van der Waals surface area (Å²) in [5, 5.41) is 3.21. The van der Waals surface area contributed by atoms with E-state index in [1.807, 2.05) is 40.7 Å². The van der Waals surface area contributed by atoms with Crippen LogP contribution in [-0.4, -0.2) is 41.6 Å². The second-order valence-electron chi connectivity index (χ2n) is 8.20. The molecule has 1 fully saturated rings. The molecule has 1 rings (SSSR count). The standard InChI is InChI=1S/C20H31ClN2O3/c1-13(2)9-10-16(14(3)21)18(25)22-17(20(4,5)6)19(26)23-11-7-8-15(23)12-24/h9-10,12-13,15,17H,7-8,11H2,1-6H3,(H,22,25)/b10-9-,16-14-/t15-,17+/m0/s1. The fraction of sp³-hybridized carbons (Fsp3) is 0.650. The number of rotatable bonds is 6. The first-order chi connectivity index (χ1) is 12.0. The Morgan fingerprint density at radius 3 is 2.35 bits per heavy atom. The van der Waals surface area contributed by atoms with Crippen molar-refractivity contribution in [3.8, 4) is 0 Å². The normalized spacial score (nSPS) is 20.3. The molecule has 1 heterocycles. The number of nitrogens with one attached hydrogen (secondary N) is 1. The van der Waals surface area contributed by atoms with Crippen molar-refractivity contribution in [2.45, 2.75) is 66.5 Å². The predicted octanol–water partition coefficient (Wildman–Crippen LogP) is 3.43. The molecule has 0 aromatic rings. The highest BCUT2D eigenvalue weighted by Crippen LogP contribution is 2.26. The van der Waals surface area contributed by atoms with Gasteiger partial charge < -0.3 is 15.0 Å². The molecular weight excluding hydrogens is 352 g/mol. The van der Waals surface area contributed by atoms with E-state index >= 15 is 0 Å². The number of hydrogen-bond acceptors (Lipinski definition) is 3. The highest BCUT2D eigenvalue weighted by atomic mass is 35.5. The van der Waals surface area contributed by atoms with Crippen molar-refractivity contribution in [1.29, 1.82) is 0 Å². The van der Waals surface area contributed by atoms with E-state index in [-0.39, 0.29) is 17.7 Å². The average Bonchev–Trinajstić information content (AvgIpc) is 2.98.